The van der Waals surface area contributed by atoms with Crippen LogP contribution in [-0.2, 0) is 0 Å². The van der Waals surface area contributed by atoms with Crippen LogP contribution in [0.15, 0.2) is 36.5 Å². The molecule has 1 heterocycles. The maximum atomic E-state index is 14.6. The molecule has 0 aliphatic rings. The zero-order valence-corrected chi connectivity index (χ0v) is 17.7. The molecule has 3 rings (SSSR count). The fourth-order valence-corrected chi connectivity index (χ4v) is 2.81. The number of halogens is 7. The molecule has 3 aromatic rings. The van der Waals surface area contributed by atoms with Gasteiger partial charge >= 0.3 is 6.36 Å². The van der Waals surface area contributed by atoms with Gasteiger partial charge in [0.15, 0.2) is 29.0 Å². The molecule has 2 amide bonds. The van der Waals surface area contributed by atoms with Gasteiger partial charge in [0.2, 0.25) is 11.6 Å². The van der Waals surface area contributed by atoms with Crippen molar-refractivity contribution in [3.8, 4) is 23.0 Å². The van der Waals surface area contributed by atoms with E-state index in [1.807, 2.05) is 0 Å². The lowest BCUT2D eigenvalue weighted by Crippen LogP contribution is -2.19. The molecule has 0 radical (unpaired) electrons. The highest BCUT2D eigenvalue weighted by molar-refractivity contribution is 6.07. The van der Waals surface area contributed by atoms with E-state index < -0.39 is 70.0 Å². The van der Waals surface area contributed by atoms with Crippen molar-refractivity contribution in [3.05, 3.63) is 71.1 Å². The van der Waals surface area contributed by atoms with Gasteiger partial charge in [-0.1, -0.05) is 0 Å². The van der Waals surface area contributed by atoms with Crippen molar-refractivity contribution in [2.45, 2.75) is 6.36 Å². The van der Waals surface area contributed by atoms with Gasteiger partial charge in [0.25, 0.3) is 11.8 Å². The number of amides is 2. The van der Waals surface area contributed by atoms with Crippen LogP contribution in [0, 0.1) is 23.3 Å². The second-order valence-corrected chi connectivity index (χ2v) is 6.67. The number of alkyl halides is 3. The Hall–Kier alpha value is -4.56. The number of nitrogens with zero attached hydrogens (tertiary/aromatic N) is 1. The second kappa shape index (κ2) is 9.97. The number of aromatic nitrogens is 1. The van der Waals surface area contributed by atoms with Crippen LogP contribution in [0.3, 0.4) is 0 Å². The molecule has 36 heavy (non-hydrogen) atoms. The van der Waals surface area contributed by atoms with Crippen LogP contribution in [0.25, 0.3) is 0 Å². The van der Waals surface area contributed by atoms with Crippen LogP contribution >= 0.6 is 0 Å². The topological polar surface area (TPSA) is 113 Å². The minimum Gasteiger partial charge on any atom is -0.490 e. The van der Waals surface area contributed by atoms with Gasteiger partial charge in [-0.2, -0.15) is 4.39 Å². The number of methoxy groups -OCH3 is 1. The number of primary amides is 1. The molecular weight excluding hydrogens is 507 g/mol. The third-order valence-electron chi connectivity index (χ3n) is 4.30. The largest absolute Gasteiger partial charge is 0.573 e. The molecule has 3 N–H and O–H groups in total. The summed E-state index contributed by atoms with van der Waals surface area (Å²) in [5.41, 5.74) is 3.41. The number of hydrogen-bond donors (Lipinski definition) is 2. The van der Waals surface area contributed by atoms with Crippen molar-refractivity contribution >= 4 is 17.5 Å². The fourth-order valence-electron chi connectivity index (χ4n) is 2.81. The summed E-state index contributed by atoms with van der Waals surface area (Å²) in [7, 11) is 0.835. The Labute approximate surface area is 196 Å². The average Bonchev–Trinajstić information content (AvgIpc) is 2.79. The van der Waals surface area contributed by atoms with E-state index in [1.165, 1.54) is 0 Å². The molecule has 15 heteroatoms. The Bertz CT molecular complexity index is 1350. The summed E-state index contributed by atoms with van der Waals surface area (Å²) >= 11 is 0. The van der Waals surface area contributed by atoms with Crippen LogP contribution in [0.1, 0.15) is 20.8 Å². The van der Waals surface area contributed by atoms with Gasteiger partial charge in [-0.05, 0) is 24.3 Å². The summed E-state index contributed by atoms with van der Waals surface area (Å²) in [6, 6.07) is 3.55. The first-order chi connectivity index (χ1) is 16.8. The van der Waals surface area contributed by atoms with Crippen molar-refractivity contribution in [3.63, 3.8) is 0 Å². The molecule has 0 spiro atoms. The molecule has 0 unspecified atom stereocenters. The number of benzene rings is 2. The van der Waals surface area contributed by atoms with E-state index in [-0.39, 0.29) is 17.4 Å². The summed E-state index contributed by atoms with van der Waals surface area (Å²) in [5, 5.41) is 2.10. The first-order valence-corrected chi connectivity index (χ1v) is 9.37. The zero-order chi connectivity index (χ0) is 26.8. The molecule has 0 saturated heterocycles. The van der Waals surface area contributed by atoms with Crippen molar-refractivity contribution in [1.82, 2.24) is 4.98 Å². The molecule has 0 saturated carbocycles. The van der Waals surface area contributed by atoms with E-state index >= 15 is 0 Å². The number of ether oxygens (including phenoxy) is 3. The Balaban J connectivity index is 2.05. The second-order valence-electron chi connectivity index (χ2n) is 6.67. The SMILES string of the molecule is COc1c(Oc2cc(F)c(F)c(F)c2C(=O)Nc2ccnc(C(N)=O)c2)ccc(OC(F)(F)F)c1F. The number of carbonyl (C=O) groups is 2. The third-order valence-corrected chi connectivity index (χ3v) is 4.30. The Morgan fingerprint density at radius 2 is 1.61 bits per heavy atom. The van der Waals surface area contributed by atoms with E-state index in [4.69, 9.17) is 10.5 Å². The molecule has 0 bridgehead atoms. The lowest BCUT2D eigenvalue weighted by atomic mass is 10.1. The van der Waals surface area contributed by atoms with Gasteiger partial charge in [-0.15, -0.1) is 13.2 Å². The zero-order valence-electron chi connectivity index (χ0n) is 17.7. The molecule has 0 fully saturated rings. The van der Waals surface area contributed by atoms with E-state index in [0.717, 1.165) is 25.4 Å². The van der Waals surface area contributed by atoms with E-state index in [9.17, 15) is 40.3 Å². The highest BCUT2D eigenvalue weighted by atomic mass is 19.4. The van der Waals surface area contributed by atoms with Gasteiger partial charge in [0, 0.05) is 18.0 Å². The van der Waals surface area contributed by atoms with E-state index in [1.54, 1.807) is 0 Å². The molecule has 0 atom stereocenters. The number of nitrogens with one attached hydrogen (secondary N) is 1. The van der Waals surface area contributed by atoms with Crippen LogP contribution in [-0.4, -0.2) is 30.3 Å². The van der Waals surface area contributed by atoms with Crippen LogP contribution in [0.2, 0.25) is 0 Å². The maximum Gasteiger partial charge on any atom is 0.573 e. The number of rotatable bonds is 7. The van der Waals surface area contributed by atoms with Crippen molar-refractivity contribution < 1.29 is 54.5 Å². The maximum absolute atomic E-state index is 14.6. The molecule has 8 nitrogen and oxygen atoms in total. The lowest BCUT2D eigenvalue weighted by molar-refractivity contribution is -0.275. The van der Waals surface area contributed by atoms with E-state index in [0.29, 0.717) is 12.1 Å². The Morgan fingerprint density at radius 1 is 0.944 bits per heavy atom. The smallest absolute Gasteiger partial charge is 0.490 e. The third kappa shape index (κ3) is 5.56. The average molecular weight is 519 g/mol. The van der Waals surface area contributed by atoms with Crippen LogP contribution in [0.4, 0.5) is 36.4 Å². The highest BCUT2D eigenvalue weighted by Crippen LogP contribution is 2.41. The minimum atomic E-state index is -5.26. The Morgan fingerprint density at radius 3 is 2.22 bits per heavy atom. The highest BCUT2D eigenvalue weighted by Gasteiger charge is 2.34. The fraction of sp³-hybridized carbons (Fsp3) is 0.0952. The molecule has 1 aromatic heterocycles. The number of hydrogen-bond acceptors (Lipinski definition) is 6. The first kappa shape index (κ1) is 26.1. The number of pyridine rings is 1. The number of carbonyl (C=O) groups excluding carboxylic acids is 2. The number of nitrogens with two attached hydrogens (primary N) is 1. The van der Waals surface area contributed by atoms with Crippen molar-refractivity contribution in [1.29, 1.82) is 0 Å². The molecule has 0 aliphatic heterocycles. The molecule has 190 valence electrons. The molecule has 0 aliphatic carbocycles. The normalized spacial score (nSPS) is 11.1. The van der Waals surface area contributed by atoms with Crippen molar-refractivity contribution in [2.24, 2.45) is 5.73 Å². The van der Waals surface area contributed by atoms with Gasteiger partial charge in [-0.25, -0.2) is 13.2 Å². The van der Waals surface area contributed by atoms with Crippen LogP contribution < -0.4 is 25.3 Å². The predicted molar refractivity (Wildman–Crippen MR) is 107 cm³/mol. The number of anilines is 1. The monoisotopic (exact) mass is 519 g/mol. The standard InChI is InChI=1S/C21H12F7N3O5/c1-34-18-12(3-2-11(16(18)24)36-21(26,27)28)35-13-7-9(22)15(23)17(25)14(13)20(33)31-8-4-5-30-10(6-8)19(29)32/h2-7H,1H3,(H2,29,32)(H,30,31,33). The summed E-state index contributed by atoms with van der Waals surface area (Å²) in [4.78, 5) is 27.6. The van der Waals surface area contributed by atoms with Gasteiger partial charge in [-0.3, -0.25) is 14.6 Å². The molecule has 2 aromatic carbocycles. The van der Waals surface area contributed by atoms with Gasteiger partial charge in [0.05, 0.1) is 7.11 Å². The van der Waals surface area contributed by atoms with Gasteiger partial charge < -0.3 is 25.3 Å². The molecular formula is C21H12F7N3O5. The minimum absolute atomic E-state index is 0.156. The Kier molecular flexibility index (Phi) is 7.22. The van der Waals surface area contributed by atoms with Gasteiger partial charge in [0.1, 0.15) is 17.0 Å². The summed E-state index contributed by atoms with van der Waals surface area (Å²) in [6.45, 7) is 0. The van der Waals surface area contributed by atoms with E-state index in [2.05, 4.69) is 19.8 Å². The predicted octanol–water partition coefficient (Wildman–Crippen LogP) is 4.69. The summed E-state index contributed by atoms with van der Waals surface area (Å²) in [6.07, 6.45) is -4.20. The van der Waals surface area contributed by atoms with Crippen LogP contribution in [0.5, 0.6) is 23.0 Å². The quantitative estimate of drug-likeness (QED) is 0.346. The van der Waals surface area contributed by atoms with Crippen molar-refractivity contribution in [2.75, 3.05) is 12.4 Å². The lowest BCUT2D eigenvalue weighted by Gasteiger charge is -2.17. The summed E-state index contributed by atoms with van der Waals surface area (Å²) in [5.74, 6) is -14.0. The first-order valence-electron chi connectivity index (χ1n) is 9.37. The summed E-state index contributed by atoms with van der Waals surface area (Å²) < 4.78 is 108.